The zero-order valence-corrected chi connectivity index (χ0v) is 14.8. The van der Waals surface area contributed by atoms with E-state index in [1.807, 2.05) is 12.3 Å². The van der Waals surface area contributed by atoms with Gasteiger partial charge in [-0.05, 0) is 35.7 Å². The Hall–Kier alpha value is -1.40. The summed E-state index contributed by atoms with van der Waals surface area (Å²) in [5, 5.41) is 12.9. The summed E-state index contributed by atoms with van der Waals surface area (Å²) < 4.78 is 13.1. The zero-order chi connectivity index (χ0) is 15.4. The van der Waals surface area contributed by atoms with Crippen molar-refractivity contribution in [1.82, 2.24) is 15.2 Å². The molecule has 24 heavy (non-hydrogen) atoms. The molecule has 0 radical (unpaired) electrons. The van der Waals surface area contributed by atoms with Crippen LogP contribution in [-0.4, -0.2) is 40.7 Å². The third-order valence-electron chi connectivity index (χ3n) is 3.96. The fraction of sp³-hybridized carbons (Fsp3) is 0.353. The molecule has 2 N–H and O–H groups in total. The number of rotatable bonds is 4. The number of nitrogens with one attached hydrogen (secondary N) is 1. The number of pyridine rings is 1. The number of phenols is 1. The van der Waals surface area contributed by atoms with Gasteiger partial charge < -0.3 is 10.4 Å². The van der Waals surface area contributed by atoms with Crippen molar-refractivity contribution < 1.29 is 9.50 Å². The second kappa shape index (κ2) is 9.79. The van der Waals surface area contributed by atoms with Gasteiger partial charge in [0.15, 0.2) is 11.6 Å². The normalized spacial score (nSPS) is 17.6. The van der Waals surface area contributed by atoms with Crippen molar-refractivity contribution in [2.75, 3.05) is 19.6 Å². The van der Waals surface area contributed by atoms with Crippen LogP contribution in [0.2, 0.25) is 0 Å². The maximum atomic E-state index is 13.1. The number of piperazine rings is 1. The predicted molar refractivity (Wildman–Crippen MR) is 97.6 cm³/mol. The lowest BCUT2D eigenvalue weighted by Crippen LogP contribution is -2.51. The van der Waals surface area contributed by atoms with Crippen LogP contribution in [-0.2, 0) is 13.0 Å². The van der Waals surface area contributed by atoms with Crippen LogP contribution in [0.1, 0.15) is 11.1 Å². The SMILES string of the molecule is Cl.Cl.Oc1cc(CC2CN(Cc3cccnc3)CCN2)ccc1F. The van der Waals surface area contributed by atoms with Crippen LogP contribution in [0, 0.1) is 5.82 Å². The average molecular weight is 374 g/mol. The predicted octanol–water partition coefficient (Wildman–Crippen LogP) is 2.79. The van der Waals surface area contributed by atoms with E-state index in [0.717, 1.165) is 38.2 Å². The van der Waals surface area contributed by atoms with Gasteiger partial charge in [-0.3, -0.25) is 9.88 Å². The van der Waals surface area contributed by atoms with Gasteiger partial charge in [0, 0.05) is 44.6 Å². The van der Waals surface area contributed by atoms with E-state index in [1.165, 1.54) is 17.7 Å². The highest BCUT2D eigenvalue weighted by molar-refractivity contribution is 5.85. The standard InChI is InChI=1S/C17H20FN3O.2ClH/c18-16-4-3-13(9-17(16)22)8-15-12-21(7-6-20-15)11-14-2-1-5-19-10-14;;/h1-5,9-10,15,20,22H,6-8,11-12H2;2*1H. The van der Waals surface area contributed by atoms with Crippen molar-refractivity contribution in [3.63, 3.8) is 0 Å². The first-order valence-electron chi connectivity index (χ1n) is 7.53. The summed E-state index contributed by atoms with van der Waals surface area (Å²) in [6.45, 7) is 3.74. The molecular formula is C17H22Cl2FN3O. The Morgan fingerprint density at radius 1 is 1.25 bits per heavy atom. The maximum absolute atomic E-state index is 13.1. The molecule has 0 bridgehead atoms. The van der Waals surface area contributed by atoms with Gasteiger partial charge in [0.2, 0.25) is 0 Å². The van der Waals surface area contributed by atoms with Gasteiger partial charge in [0.25, 0.3) is 0 Å². The van der Waals surface area contributed by atoms with E-state index in [9.17, 15) is 9.50 Å². The molecule has 1 aromatic heterocycles. The van der Waals surface area contributed by atoms with Crippen LogP contribution in [0.4, 0.5) is 4.39 Å². The monoisotopic (exact) mass is 373 g/mol. The lowest BCUT2D eigenvalue weighted by molar-refractivity contribution is 0.191. The molecule has 2 aromatic rings. The highest BCUT2D eigenvalue weighted by Crippen LogP contribution is 2.18. The number of nitrogens with zero attached hydrogens (tertiary/aromatic N) is 2. The minimum absolute atomic E-state index is 0. The van der Waals surface area contributed by atoms with E-state index in [1.54, 1.807) is 12.3 Å². The molecule has 4 nitrogen and oxygen atoms in total. The van der Waals surface area contributed by atoms with Crippen molar-refractivity contribution in [3.05, 3.63) is 59.7 Å². The summed E-state index contributed by atoms with van der Waals surface area (Å²) >= 11 is 0. The highest BCUT2D eigenvalue weighted by atomic mass is 35.5. The molecule has 1 unspecified atom stereocenters. The van der Waals surface area contributed by atoms with E-state index in [-0.39, 0.29) is 30.6 Å². The van der Waals surface area contributed by atoms with Crippen molar-refractivity contribution in [2.45, 2.75) is 19.0 Å². The topological polar surface area (TPSA) is 48.4 Å². The lowest BCUT2D eigenvalue weighted by atomic mass is 10.0. The number of hydrogen-bond donors (Lipinski definition) is 2. The van der Waals surface area contributed by atoms with Crippen molar-refractivity contribution >= 4 is 24.8 Å². The van der Waals surface area contributed by atoms with E-state index in [0.29, 0.717) is 6.04 Å². The van der Waals surface area contributed by atoms with Crippen LogP contribution in [0.3, 0.4) is 0 Å². The third-order valence-corrected chi connectivity index (χ3v) is 3.96. The molecule has 132 valence electrons. The molecular weight excluding hydrogens is 352 g/mol. The molecule has 1 fully saturated rings. The summed E-state index contributed by atoms with van der Waals surface area (Å²) in [6.07, 6.45) is 4.46. The first kappa shape index (κ1) is 20.6. The second-order valence-electron chi connectivity index (χ2n) is 5.74. The molecule has 7 heteroatoms. The molecule has 0 saturated carbocycles. The Morgan fingerprint density at radius 3 is 2.79 bits per heavy atom. The smallest absolute Gasteiger partial charge is 0.164 e. The molecule has 3 rings (SSSR count). The molecule has 1 aliphatic heterocycles. The summed E-state index contributed by atoms with van der Waals surface area (Å²) in [6, 6.07) is 8.91. The Balaban J connectivity index is 0.00000144. The van der Waals surface area contributed by atoms with E-state index in [2.05, 4.69) is 21.3 Å². The summed E-state index contributed by atoms with van der Waals surface area (Å²) in [5.41, 5.74) is 2.15. The van der Waals surface area contributed by atoms with Gasteiger partial charge in [0.1, 0.15) is 0 Å². The lowest BCUT2D eigenvalue weighted by Gasteiger charge is -2.33. The maximum Gasteiger partial charge on any atom is 0.164 e. The number of aromatic hydroxyl groups is 1. The summed E-state index contributed by atoms with van der Waals surface area (Å²) in [7, 11) is 0. The summed E-state index contributed by atoms with van der Waals surface area (Å²) in [4.78, 5) is 6.54. The molecule has 0 spiro atoms. The van der Waals surface area contributed by atoms with Gasteiger partial charge in [-0.2, -0.15) is 0 Å². The Morgan fingerprint density at radius 2 is 2.08 bits per heavy atom. The fourth-order valence-electron chi connectivity index (χ4n) is 2.89. The number of benzene rings is 1. The van der Waals surface area contributed by atoms with E-state index in [4.69, 9.17) is 0 Å². The number of aromatic nitrogens is 1. The van der Waals surface area contributed by atoms with Crippen LogP contribution >= 0.6 is 24.8 Å². The fourth-order valence-corrected chi connectivity index (χ4v) is 2.89. The molecule has 1 aromatic carbocycles. The van der Waals surface area contributed by atoms with E-state index < -0.39 is 5.82 Å². The van der Waals surface area contributed by atoms with Crippen LogP contribution in [0.15, 0.2) is 42.7 Å². The first-order valence-corrected chi connectivity index (χ1v) is 7.53. The molecule has 1 saturated heterocycles. The quantitative estimate of drug-likeness (QED) is 0.864. The average Bonchev–Trinajstić information content (AvgIpc) is 2.52. The van der Waals surface area contributed by atoms with Gasteiger partial charge in [0.05, 0.1) is 0 Å². The molecule has 1 aliphatic rings. The van der Waals surface area contributed by atoms with Crippen molar-refractivity contribution in [2.24, 2.45) is 0 Å². The number of halogens is 3. The Bertz CT molecular complexity index is 630. The zero-order valence-electron chi connectivity index (χ0n) is 13.2. The highest BCUT2D eigenvalue weighted by Gasteiger charge is 2.20. The third kappa shape index (κ3) is 5.60. The largest absolute Gasteiger partial charge is 0.505 e. The van der Waals surface area contributed by atoms with Crippen molar-refractivity contribution in [1.29, 1.82) is 0 Å². The van der Waals surface area contributed by atoms with Gasteiger partial charge in [-0.1, -0.05) is 12.1 Å². The molecule has 0 aliphatic carbocycles. The first-order chi connectivity index (χ1) is 10.7. The van der Waals surface area contributed by atoms with Gasteiger partial charge in [-0.25, -0.2) is 4.39 Å². The minimum Gasteiger partial charge on any atom is -0.505 e. The van der Waals surface area contributed by atoms with Crippen LogP contribution in [0.25, 0.3) is 0 Å². The Kier molecular flexibility index (Phi) is 8.42. The molecule has 0 amide bonds. The van der Waals surface area contributed by atoms with E-state index >= 15 is 0 Å². The van der Waals surface area contributed by atoms with Crippen LogP contribution < -0.4 is 5.32 Å². The summed E-state index contributed by atoms with van der Waals surface area (Å²) in [5.74, 6) is -0.848. The second-order valence-corrected chi connectivity index (χ2v) is 5.74. The van der Waals surface area contributed by atoms with Crippen LogP contribution in [0.5, 0.6) is 5.75 Å². The Labute approximate surface area is 153 Å². The van der Waals surface area contributed by atoms with Gasteiger partial charge in [-0.15, -0.1) is 24.8 Å². The molecule has 2 heterocycles. The van der Waals surface area contributed by atoms with Crippen molar-refractivity contribution in [3.8, 4) is 5.75 Å². The number of phenolic OH excluding ortho intramolecular Hbond substituents is 1. The molecule has 1 atom stereocenters. The van der Waals surface area contributed by atoms with Gasteiger partial charge >= 0.3 is 0 Å². The number of hydrogen-bond acceptors (Lipinski definition) is 4. The minimum atomic E-state index is -0.571.